The van der Waals surface area contributed by atoms with Crippen molar-refractivity contribution in [2.24, 2.45) is 0 Å². The van der Waals surface area contributed by atoms with Crippen molar-refractivity contribution < 1.29 is 9.59 Å². The summed E-state index contributed by atoms with van der Waals surface area (Å²) in [6.07, 6.45) is 4.87. The molecule has 3 rings (SSSR count). The second-order valence-corrected chi connectivity index (χ2v) is 9.12. The van der Waals surface area contributed by atoms with Gasteiger partial charge in [-0.15, -0.1) is 0 Å². The standard InChI is InChI=1S/C25H30Cl2N2O2/c1-3-23(25(31)28-19-10-4-5-11-19)29(16-18-9-6-8-17(2)14-18)24(30)15-20-21(26)12-7-13-22(20)27/h6-9,12-14,19,23H,3-5,10-11,15-16H2,1-2H3,(H,28,31)/t23-/m0/s1. The number of rotatable bonds is 8. The SMILES string of the molecule is CC[C@@H](C(=O)NC1CCCC1)N(Cc1cccc(C)c1)C(=O)Cc1c(Cl)cccc1Cl. The van der Waals surface area contributed by atoms with Crippen molar-refractivity contribution in [1.29, 1.82) is 0 Å². The van der Waals surface area contributed by atoms with Crippen molar-refractivity contribution in [2.75, 3.05) is 0 Å². The largest absolute Gasteiger partial charge is 0.352 e. The summed E-state index contributed by atoms with van der Waals surface area (Å²) >= 11 is 12.6. The molecule has 0 heterocycles. The lowest BCUT2D eigenvalue weighted by Gasteiger charge is -2.32. The highest BCUT2D eigenvalue weighted by Crippen LogP contribution is 2.26. The Bertz CT molecular complexity index is 905. The molecule has 0 saturated heterocycles. The van der Waals surface area contributed by atoms with Gasteiger partial charge in [-0.2, -0.15) is 0 Å². The van der Waals surface area contributed by atoms with Crippen molar-refractivity contribution >= 4 is 35.0 Å². The van der Waals surface area contributed by atoms with Gasteiger partial charge in [0, 0.05) is 22.6 Å². The van der Waals surface area contributed by atoms with Crippen LogP contribution in [-0.4, -0.2) is 28.8 Å². The fourth-order valence-electron chi connectivity index (χ4n) is 4.25. The Morgan fingerprint density at radius 1 is 1.10 bits per heavy atom. The van der Waals surface area contributed by atoms with Crippen molar-refractivity contribution in [3.8, 4) is 0 Å². The lowest BCUT2D eigenvalue weighted by atomic mass is 10.0. The van der Waals surface area contributed by atoms with E-state index < -0.39 is 6.04 Å². The molecule has 2 aromatic rings. The monoisotopic (exact) mass is 460 g/mol. The Kier molecular flexibility index (Phi) is 8.39. The zero-order valence-electron chi connectivity index (χ0n) is 18.2. The van der Waals surface area contributed by atoms with Gasteiger partial charge in [0.1, 0.15) is 6.04 Å². The Morgan fingerprint density at radius 3 is 2.35 bits per heavy atom. The molecule has 1 fully saturated rings. The molecule has 1 saturated carbocycles. The normalized spacial score (nSPS) is 15.0. The van der Waals surface area contributed by atoms with Gasteiger partial charge >= 0.3 is 0 Å². The van der Waals surface area contributed by atoms with Gasteiger partial charge in [-0.05, 0) is 49.4 Å². The third-order valence-electron chi connectivity index (χ3n) is 5.91. The number of amides is 2. The van der Waals surface area contributed by atoms with E-state index in [9.17, 15) is 9.59 Å². The maximum Gasteiger partial charge on any atom is 0.243 e. The van der Waals surface area contributed by atoms with Crippen LogP contribution in [0.1, 0.15) is 55.7 Å². The molecule has 0 bridgehead atoms. The van der Waals surface area contributed by atoms with Gasteiger partial charge in [-0.25, -0.2) is 0 Å². The smallest absolute Gasteiger partial charge is 0.243 e. The van der Waals surface area contributed by atoms with Crippen LogP contribution in [0.2, 0.25) is 10.0 Å². The van der Waals surface area contributed by atoms with E-state index in [-0.39, 0.29) is 24.3 Å². The van der Waals surface area contributed by atoms with E-state index in [4.69, 9.17) is 23.2 Å². The molecule has 2 amide bonds. The van der Waals surface area contributed by atoms with E-state index in [2.05, 4.69) is 5.32 Å². The van der Waals surface area contributed by atoms with Gasteiger partial charge in [0.25, 0.3) is 0 Å². The molecule has 0 aliphatic heterocycles. The van der Waals surface area contributed by atoms with Gasteiger partial charge in [-0.1, -0.05) is 78.9 Å². The fourth-order valence-corrected chi connectivity index (χ4v) is 4.78. The van der Waals surface area contributed by atoms with Crippen LogP contribution in [0.3, 0.4) is 0 Å². The number of carbonyl (C=O) groups excluding carboxylic acids is 2. The van der Waals surface area contributed by atoms with Gasteiger partial charge < -0.3 is 10.2 Å². The topological polar surface area (TPSA) is 49.4 Å². The zero-order chi connectivity index (χ0) is 22.4. The number of nitrogens with one attached hydrogen (secondary N) is 1. The van der Waals surface area contributed by atoms with Crippen LogP contribution < -0.4 is 5.32 Å². The van der Waals surface area contributed by atoms with E-state index in [1.807, 2.05) is 38.1 Å². The number of aryl methyl sites for hydroxylation is 1. The Hall–Kier alpha value is -2.04. The second-order valence-electron chi connectivity index (χ2n) is 8.30. The first-order valence-corrected chi connectivity index (χ1v) is 11.7. The number of hydrogen-bond donors (Lipinski definition) is 1. The first kappa shape index (κ1) is 23.6. The molecule has 166 valence electrons. The lowest BCUT2D eigenvalue weighted by Crippen LogP contribution is -2.51. The maximum absolute atomic E-state index is 13.5. The second kappa shape index (κ2) is 11.0. The molecule has 0 aromatic heterocycles. The highest BCUT2D eigenvalue weighted by atomic mass is 35.5. The van der Waals surface area contributed by atoms with Crippen molar-refractivity contribution in [1.82, 2.24) is 10.2 Å². The van der Waals surface area contributed by atoms with Crippen LogP contribution in [0.5, 0.6) is 0 Å². The Balaban J connectivity index is 1.86. The number of hydrogen-bond acceptors (Lipinski definition) is 2. The fraction of sp³-hybridized carbons (Fsp3) is 0.440. The predicted octanol–water partition coefficient (Wildman–Crippen LogP) is 5.71. The van der Waals surface area contributed by atoms with Crippen LogP contribution in [0.15, 0.2) is 42.5 Å². The zero-order valence-corrected chi connectivity index (χ0v) is 19.7. The molecular weight excluding hydrogens is 431 g/mol. The summed E-state index contributed by atoms with van der Waals surface area (Å²) in [5.41, 5.74) is 2.70. The summed E-state index contributed by atoms with van der Waals surface area (Å²) in [4.78, 5) is 28.3. The Labute approximate surface area is 194 Å². The van der Waals surface area contributed by atoms with Crippen LogP contribution in [0.25, 0.3) is 0 Å². The summed E-state index contributed by atoms with van der Waals surface area (Å²) in [5.74, 6) is -0.245. The van der Waals surface area contributed by atoms with Crippen LogP contribution in [0, 0.1) is 6.92 Å². The summed E-state index contributed by atoms with van der Waals surface area (Å²) in [5, 5.41) is 4.08. The molecule has 1 atom stereocenters. The van der Waals surface area contributed by atoms with Crippen LogP contribution >= 0.6 is 23.2 Å². The molecular formula is C25H30Cl2N2O2. The molecule has 4 nitrogen and oxygen atoms in total. The summed E-state index contributed by atoms with van der Waals surface area (Å²) in [7, 11) is 0. The van der Waals surface area contributed by atoms with Gasteiger partial charge in [-0.3, -0.25) is 9.59 Å². The minimum atomic E-state index is -0.546. The van der Waals surface area contributed by atoms with E-state index in [0.717, 1.165) is 36.8 Å². The molecule has 2 aromatic carbocycles. The number of benzene rings is 2. The van der Waals surface area contributed by atoms with Crippen molar-refractivity contribution in [3.63, 3.8) is 0 Å². The van der Waals surface area contributed by atoms with Crippen molar-refractivity contribution in [2.45, 2.75) is 71.0 Å². The van der Waals surface area contributed by atoms with E-state index in [0.29, 0.717) is 28.6 Å². The third-order valence-corrected chi connectivity index (χ3v) is 6.62. The summed E-state index contributed by atoms with van der Waals surface area (Å²) < 4.78 is 0. The molecule has 0 unspecified atom stereocenters. The van der Waals surface area contributed by atoms with Crippen molar-refractivity contribution in [3.05, 3.63) is 69.2 Å². The molecule has 0 radical (unpaired) electrons. The molecule has 1 aliphatic carbocycles. The first-order chi connectivity index (χ1) is 14.9. The third kappa shape index (κ3) is 6.24. The average Bonchev–Trinajstić information content (AvgIpc) is 3.23. The average molecular weight is 461 g/mol. The van der Waals surface area contributed by atoms with Crippen LogP contribution in [0.4, 0.5) is 0 Å². The minimum Gasteiger partial charge on any atom is -0.352 e. The number of halogens is 2. The van der Waals surface area contributed by atoms with Gasteiger partial charge in [0.15, 0.2) is 0 Å². The molecule has 1 aliphatic rings. The summed E-state index contributed by atoms with van der Waals surface area (Å²) in [6.45, 7) is 4.32. The van der Waals surface area contributed by atoms with Gasteiger partial charge in [0.05, 0.1) is 6.42 Å². The van der Waals surface area contributed by atoms with E-state index >= 15 is 0 Å². The van der Waals surface area contributed by atoms with Gasteiger partial charge in [0.2, 0.25) is 11.8 Å². The molecule has 31 heavy (non-hydrogen) atoms. The minimum absolute atomic E-state index is 0.0531. The number of nitrogens with zero attached hydrogens (tertiary/aromatic N) is 1. The van der Waals surface area contributed by atoms with E-state index in [1.165, 1.54) is 0 Å². The highest BCUT2D eigenvalue weighted by molar-refractivity contribution is 6.36. The molecule has 0 spiro atoms. The quantitative estimate of drug-likeness (QED) is 0.548. The number of carbonyl (C=O) groups is 2. The molecule has 1 N–H and O–H groups in total. The Morgan fingerprint density at radius 2 is 1.74 bits per heavy atom. The maximum atomic E-state index is 13.5. The van der Waals surface area contributed by atoms with E-state index in [1.54, 1.807) is 23.1 Å². The predicted molar refractivity (Wildman–Crippen MR) is 126 cm³/mol. The molecule has 6 heteroatoms. The lowest BCUT2D eigenvalue weighted by molar-refractivity contribution is -0.141. The first-order valence-electron chi connectivity index (χ1n) is 11.0. The summed E-state index contributed by atoms with van der Waals surface area (Å²) in [6, 6.07) is 12.9. The van der Waals surface area contributed by atoms with Crippen LogP contribution in [-0.2, 0) is 22.6 Å². The highest BCUT2D eigenvalue weighted by Gasteiger charge is 2.31.